The number of guanidine groups is 1. The average Bonchev–Trinajstić information content (AvgIpc) is 2.57. The number of hydrogen-bond acceptors (Lipinski definition) is 2. The van der Waals surface area contributed by atoms with Crippen LogP contribution in [-0.4, -0.2) is 43.6 Å². The molecule has 1 aliphatic rings. The lowest BCUT2D eigenvalue weighted by Crippen LogP contribution is -2.48. The Morgan fingerprint density at radius 1 is 1.26 bits per heavy atom. The number of piperidine rings is 1. The number of likely N-dealkylation sites (tertiary alicyclic amines) is 1. The summed E-state index contributed by atoms with van der Waals surface area (Å²) in [6.07, 6.45) is 3.93. The van der Waals surface area contributed by atoms with Gasteiger partial charge in [0.05, 0.1) is 0 Å². The van der Waals surface area contributed by atoms with Crippen LogP contribution in [0.3, 0.4) is 0 Å². The van der Waals surface area contributed by atoms with E-state index in [0.29, 0.717) is 6.04 Å². The van der Waals surface area contributed by atoms with Gasteiger partial charge >= 0.3 is 0 Å². The molecule has 0 amide bonds. The maximum absolute atomic E-state index is 5.90. The first-order valence-corrected chi connectivity index (χ1v) is 8.53. The van der Waals surface area contributed by atoms with Gasteiger partial charge in [-0.1, -0.05) is 37.1 Å². The van der Waals surface area contributed by atoms with E-state index in [-0.39, 0.29) is 24.0 Å². The summed E-state index contributed by atoms with van der Waals surface area (Å²) in [5, 5.41) is 7.58. The highest BCUT2D eigenvalue weighted by molar-refractivity contribution is 14.0. The summed E-state index contributed by atoms with van der Waals surface area (Å²) >= 11 is 5.90. The number of nitrogens with one attached hydrogen (secondary N) is 2. The zero-order valence-corrected chi connectivity index (χ0v) is 17.1. The molecule has 1 aromatic rings. The Kier molecular flexibility index (Phi) is 9.90. The Morgan fingerprint density at radius 2 is 2.00 bits per heavy atom. The van der Waals surface area contributed by atoms with Crippen LogP contribution in [0, 0.1) is 0 Å². The van der Waals surface area contributed by atoms with Crippen molar-refractivity contribution < 1.29 is 0 Å². The quantitative estimate of drug-likeness (QED) is 0.410. The van der Waals surface area contributed by atoms with Crippen molar-refractivity contribution in [2.45, 2.75) is 38.8 Å². The van der Waals surface area contributed by atoms with Crippen LogP contribution in [0.2, 0.25) is 5.02 Å². The first kappa shape index (κ1) is 20.5. The fourth-order valence-electron chi connectivity index (χ4n) is 2.93. The van der Waals surface area contributed by atoms with E-state index in [1.54, 1.807) is 0 Å². The third kappa shape index (κ3) is 6.85. The normalized spacial score (nSPS) is 19.1. The maximum atomic E-state index is 5.90. The van der Waals surface area contributed by atoms with Crippen molar-refractivity contribution in [3.63, 3.8) is 0 Å². The molecular formula is C17H28ClIN4. The third-order valence-corrected chi connectivity index (χ3v) is 4.51. The molecule has 0 spiro atoms. The Bertz CT molecular complexity index is 478. The van der Waals surface area contributed by atoms with Crippen molar-refractivity contribution >= 4 is 41.5 Å². The smallest absolute Gasteiger partial charge is 0.191 e. The number of halogens is 2. The second-order valence-corrected chi connectivity index (χ2v) is 6.15. The van der Waals surface area contributed by atoms with Gasteiger partial charge in [-0.05, 0) is 43.6 Å². The Hall–Kier alpha value is -0.530. The van der Waals surface area contributed by atoms with Crippen molar-refractivity contribution in [3.05, 3.63) is 34.9 Å². The number of benzene rings is 1. The highest BCUT2D eigenvalue weighted by Gasteiger charge is 2.20. The maximum Gasteiger partial charge on any atom is 0.191 e. The molecule has 4 nitrogen and oxygen atoms in total. The summed E-state index contributed by atoms with van der Waals surface area (Å²) in [4.78, 5) is 6.86. The first-order chi connectivity index (χ1) is 10.7. The van der Waals surface area contributed by atoms with E-state index in [1.165, 1.54) is 31.4 Å². The van der Waals surface area contributed by atoms with E-state index in [4.69, 9.17) is 11.6 Å². The molecule has 0 aliphatic carbocycles. The van der Waals surface area contributed by atoms with Crippen molar-refractivity contribution in [1.29, 1.82) is 0 Å². The van der Waals surface area contributed by atoms with Crippen LogP contribution in [0.5, 0.6) is 0 Å². The van der Waals surface area contributed by atoms with Crippen LogP contribution < -0.4 is 10.6 Å². The van der Waals surface area contributed by atoms with Crippen LogP contribution in [0.15, 0.2) is 29.3 Å². The van der Waals surface area contributed by atoms with E-state index < -0.39 is 0 Å². The molecule has 1 aliphatic heterocycles. The zero-order chi connectivity index (χ0) is 15.8. The van der Waals surface area contributed by atoms with Gasteiger partial charge in [-0.15, -0.1) is 24.0 Å². The molecule has 1 heterocycles. The Balaban J connectivity index is 0.00000264. The van der Waals surface area contributed by atoms with E-state index in [9.17, 15) is 0 Å². The van der Waals surface area contributed by atoms with Crippen molar-refractivity contribution in [1.82, 2.24) is 15.5 Å². The molecule has 2 rings (SSSR count). The van der Waals surface area contributed by atoms with E-state index in [1.807, 2.05) is 31.3 Å². The van der Waals surface area contributed by atoms with Gasteiger partial charge in [-0.25, -0.2) is 0 Å². The molecule has 1 saturated heterocycles. The molecule has 2 N–H and O–H groups in total. The predicted molar refractivity (Wildman–Crippen MR) is 110 cm³/mol. The highest BCUT2D eigenvalue weighted by Crippen LogP contribution is 2.15. The number of rotatable bonds is 5. The summed E-state index contributed by atoms with van der Waals surface area (Å²) in [6.45, 7) is 6.29. The fraction of sp³-hybridized carbons (Fsp3) is 0.588. The van der Waals surface area contributed by atoms with Gasteiger partial charge < -0.3 is 10.6 Å². The summed E-state index contributed by atoms with van der Waals surface area (Å²) in [7, 11) is 1.82. The number of hydrogen-bond donors (Lipinski definition) is 2. The summed E-state index contributed by atoms with van der Waals surface area (Å²) < 4.78 is 0. The third-order valence-electron chi connectivity index (χ3n) is 4.26. The molecule has 1 unspecified atom stereocenters. The Morgan fingerprint density at radius 3 is 2.65 bits per heavy atom. The van der Waals surface area contributed by atoms with Gasteiger partial charge in [0.15, 0.2) is 5.96 Å². The zero-order valence-electron chi connectivity index (χ0n) is 14.0. The minimum Gasteiger partial charge on any atom is -0.355 e. The average molecular weight is 451 g/mol. The van der Waals surface area contributed by atoms with Crippen LogP contribution in [0.25, 0.3) is 0 Å². The van der Waals surface area contributed by atoms with Gasteiger partial charge in [-0.2, -0.15) is 0 Å². The van der Waals surface area contributed by atoms with Gasteiger partial charge in [0.2, 0.25) is 0 Å². The standard InChI is InChI=1S/C17H27ClN4.HI/c1-3-22-11-5-4-6-16(22)13-21-17(19-2)20-12-14-7-9-15(18)10-8-14;/h7-10,16H,3-6,11-13H2,1-2H3,(H2,19,20,21);1H. The number of nitrogens with zero attached hydrogens (tertiary/aromatic N) is 2. The monoisotopic (exact) mass is 450 g/mol. The molecule has 6 heteroatoms. The molecule has 130 valence electrons. The second-order valence-electron chi connectivity index (χ2n) is 5.71. The molecule has 0 radical (unpaired) electrons. The van der Waals surface area contributed by atoms with Gasteiger partial charge in [-0.3, -0.25) is 9.89 Å². The fourth-order valence-corrected chi connectivity index (χ4v) is 3.06. The van der Waals surface area contributed by atoms with E-state index in [2.05, 4.69) is 27.4 Å². The molecule has 1 aromatic carbocycles. The summed E-state index contributed by atoms with van der Waals surface area (Å²) in [5.41, 5.74) is 1.19. The topological polar surface area (TPSA) is 39.7 Å². The van der Waals surface area contributed by atoms with Gasteiger partial charge in [0.25, 0.3) is 0 Å². The lowest BCUT2D eigenvalue weighted by atomic mass is 10.0. The van der Waals surface area contributed by atoms with E-state index >= 15 is 0 Å². The lowest BCUT2D eigenvalue weighted by molar-refractivity contribution is 0.157. The number of aliphatic imine (C=N–C) groups is 1. The first-order valence-electron chi connectivity index (χ1n) is 8.16. The van der Waals surface area contributed by atoms with Crippen molar-refractivity contribution in [3.8, 4) is 0 Å². The SMILES string of the molecule is CCN1CCCCC1CNC(=NC)NCc1ccc(Cl)cc1.I. The molecule has 1 atom stereocenters. The molecule has 0 aromatic heterocycles. The predicted octanol–water partition coefficient (Wildman–Crippen LogP) is 3.50. The van der Waals surface area contributed by atoms with Crippen molar-refractivity contribution in [2.75, 3.05) is 26.7 Å². The van der Waals surface area contributed by atoms with Crippen LogP contribution in [-0.2, 0) is 6.54 Å². The summed E-state index contributed by atoms with van der Waals surface area (Å²) in [5.74, 6) is 0.858. The minimum absolute atomic E-state index is 0. The highest BCUT2D eigenvalue weighted by atomic mass is 127. The van der Waals surface area contributed by atoms with Crippen LogP contribution >= 0.6 is 35.6 Å². The lowest BCUT2D eigenvalue weighted by Gasteiger charge is -2.35. The molecular weight excluding hydrogens is 423 g/mol. The van der Waals surface area contributed by atoms with Crippen LogP contribution in [0.1, 0.15) is 31.7 Å². The summed E-state index contributed by atoms with van der Waals surface area (Å²) in [6, 6.07) is 8.50. The van der Waals surface area contributed by atoms with Gasteiger partial charge in [0, 0.05) is 31.2 Å². The minimum atomic E-state index is 0. The van der Waals surface area contributed by atoms with Crippen molar-refractivity contribution in [2.24, 2.45) is 4.99 Å². The van der Waals surface area contributed by atoms with Crippen LogP contribution in [0.4, 0.5) is 0 Å². The second kappa shape index (κ2) is 11.1. The largest absolute Gasteiger partial charge is 0.355 e. The molecule has 0 saturated carbocycles. The molecule has 0 bridgehead atoms. The van der Waals surface area contributed by atoms with E-state index in [0.717, 1.165) is 30.6 Å². The molecule has 1 fully saturated rings. The van der Waals surface area contributed by atoms with Gasteiger partial charge in [0.1, 0.15) is 0 Å². The molecule has 23 heavy (non-hydrogen) atoms. The Labute approximate surface area is 162 Å². The number of likely N-dealkylation sites (N-methyl/N-ethyl adjacent to an activating group) is 1.